The number of hydrogen-bond acceptors (Lipinski definition) is 4. The van der Waals surface area contributed by atoms with E-state index < -0.39 is 5.97 Å². The van der Waals surface area contributed by atoms with E-state index in [-0.39, 0.29) is 17.7 Å². The maximum Gasteiger partial charge on any atom is 0.374 e. The highest BCUT2D eigenvalue weighted by molar-refractivity contribution is 6.07. The zero-order chi connectivity index (χ0) is 12.2. The van der Waals surface area contributed by atoms with Crippen molar-refractivity contribution in [3.63, 3.8) is 0 Å². The van der Waals surface area contributed by atoms with Gasteiger partial charge in [0.1, 0.15) is 23.7 Å². The van der Waals surface area contributed by atoms with E-state index >= 15 is 0 Å². The Hall–Kier alpha value is -1.98. The highest BCUT2D eigenvalue weighted by Gasteiger charge is 2.44. The molecule has 3 rings (SSSR count). The van der Waals surface area contributed by atoms with Gasteiger partial charge < -0.3 is 19.7 Å². The lowest BCUT2D eigenvalue weighted by molar-refractivity contribution is -0.118. The van der Waals surface area contributed by atoms with Gasteiger partial charge in [-0.2, -0.15) is 0 Å². The zero-order valence-corrected chi connectivity index (χ0v) is 9.27. The Balaban J connectivity index is 2.06. The smallest absolute Gasteiger partial charge is 0.374 e. The van der Waals surface area contributed by atoms with Crippen LogP contribution in [-0.2, 0) is 4.79 Å². The van der Waals surface area contributed by atoms with Crippen molar-refractivity contribution in [1.82, 2.24) is 0 Å². The zero-order valence-electron chi connectivity index (χ0n) is 9.27. The average Bonchev–Trinajstić information content (AvgIpc) is 2.97. The van der Waals surface area contributed by atoms with Crippen molar-refractivity contribution in [3.8, 4) is 0 Å². The van der Waals surface area contributed by atoms with Gasteiger partial charge in [-0.15, -0.1) is 0 Å². The van der Waals surface area contributed by atoms with Gasteiger partial charge in [-0.3, -0.25) is 4.79 Å². The fourth-order valence-electron chi connectivity index (χ4n) is 2.41. The standard InChI is InChI=1S/C11H12N2O4/c1-13-7(5-2-3-5)10(14)12-6-4-17-9(8(6)13)11(15)16/h4-5,7H,2-3H2,1H3,(H,12,14)(H,15,16). The minimum Gasteiger partial charge on any atom is -0.475 e. The molecule has 0 aromatic carbocycles. The van der Waals surface area contributed by atoms with Crippen LogP contribution in [-0.4, -0.2) is 30.1 Å². The van der Waals surface area contributed by atoms with Crippen LogP contribution < -0.4 is 10.2 Å². The number of furan rings is 1. The first kappa shape index (κ1) is 10.2. The quantitative estimate of drug-likeness (QED) is 0.804. The van der Waals surface area contributed by atoms with Crippen LogP contribution in [0, 0.1) is 5.92 Å². The molecule has 1 amide bonds. The number of rotatable bonds is 2. The van der Waals surface area contributed by atoms with Crippen LogP contribution in [0.15, 0.2) is 10.7 Å². The summed E-state index contributed by atoms with van der Waals surface area (Å²) in [5.41, 5.74) is 0.904. The Morgan fingerprint density at radius 3 is 2.88 bits per heavy atom. The Morgan fingerprint density at radius 2 is 2.29 bits per heavy atom. The number of likely N-dealkylation sites (N-methyl/N-ethyl adjacent to an activating group) is 1. The van der Waals surface area contributed by atoms with E-state index in [4.69, 9.17) is 9.52 Å². The summed E-state index contributed by atoms with van der Waals surface area (Å²) in [5, 5.41) is 11.7. The summed E-state index contributed by atoms with van der Waals surface area (Å²) in [5.74, 6) is -0.998. The van der Waals surface area contributed by atoms with E-state index in [1.165, 1.54) is 6.26 Å². The van der Waals surface area contributed by atoms with E-state index in [9.17, 15) is 9.59 Å². The predicted octanol–water partition coefficient (Wildman–Crippen LogP) is 1.14. The summed E-state index contributed by atoms with van der Waals surface area (Å²) in [6.07, 6.45) is 3.30. The summed E-state index contributed by atoms with van der Waals surface area (Å²) in [4.78, 5) is 24.6. The Bertz CT molecular complexity index is 504. The van der Waals surface area contributed by atoms with Crippen molar-refractivity contribution >= 4 is 23.3 Å². The van der Waals surface area contributed by atoms with Crippen LogP contribution in [0.3, 0.4) is 0 Å². The highest BCUT2D eigenvalue weighted by atomic mass is 16.4. The summed E-state index contributed by atoms with van der Waals surface area (Å²) >= 11 is 0. The van der Waals surface area contributed by atoms with Crippen molar-refractivity contribution < 1.29 is 19.1 Å². The largest absolute Gasteiger partial charge is 0.475 e. The van der Waals surface area contributed by atoms with Gasteiger partial charge in [0.15, 0.2) is 0 Å². The molecule has 1 aliphatic heterocycles. The van der Waals surface area contributed by atoms with Crippen molar-refractivity contribution in [2.24, 2.45) is 5.92 Å². The fraction of sp³-hybridized carbons (Fsp3) is 0.455. The number of aromatic carboxylic acids is 1. The van der Waals surface area contributed by atoms with Gasteiger partial charge in [-0.1, -0.05) is 0 Å². The number of carboxylic acid groups (broad SMARTS) is 1. The van der Waals surface area contributed by atoms with Crippen molar-refractivity contribution in [3.05, 3.63) is 12.0 Å². The molecule has 2 heterocycles. The second-order valence-corrected chi connectivity index (χ2v) is 4.51. The number of anilines is 2. The molecule has 90 valence electrons. The maximum absolute atomic E-state index is 11.9. The molecule has 0 radical (unpaired) electrons. The number of amides is 1. The number of nitrogens with zero attached hydrogens (tertiary/aromatic N) is 1. The second kappa shape index (κ2) is 3.26. The van der Waals surface area contributed by atoms with Gasteiger partial charge in [0.25, 0.3) is 0 Å². The summed E-state index contributed by atoms with van der Waals surface area (Å²) in [6, 6.07) is -0.279. The fourth-order valence-corrected chi connectivity index (χ4v) is 2.41. The topological polar surface area (TPSA) is 82.8 Å². The number of carboxylic acids is 1. The number of carbonyl (C=O) groups is 2. The van der Waals surface area contributed by atoms with Crippen molar-refractivity contribution in [1.29, 1.82) is 0 Å². The first-order valence-electron chi connectivity index (χ1n) is 5.48. The van der Waals surface area contributed by atoms with E-state index in [0.29, 0.717) is 17.3 Å². The monoisotopic (exact) mass is 236 g/mol. The molecule has 1 unspecified atom stereocenters. The Morgan fingerprint density at radius 1 is 1.59 bits per heavy atom. The minimum atomic E-state index is -1.12. The lowest BCUT2D eigenvalue weighted by atomic mass is 10.1. The van der Waals surface area contributed by atoms with E-state index in [1.54, 1.807) is 11.9 Å². The predicted molar refractivity (Wildman–Crippen MR) is 59.2 cm³/mol. The van der Waals surface area contributed by atoms with E-state index in [0.717, 1.165) is 12.8 Å². The van der Waals surface area contributed by atoms with Crippen molar-refractivity contribution in [2.75, 3.05) is 17.3 Å². The number of hydrogen-bond donors (Lipinski definition) is 2. The normalized spacial score (nSPS) is 23.2. The van der Waals surface area contributed by atoms with E-state index in [2.05, 4.69) is 5.32 Å². The molecule has 1 saturated carbocycles. The number of carbonyl (C=O) groups excluding carboxylic acids is 1. The molecule has 17 heavy (non-hydrogen) atoms. The summed E-state index contributed by atoms with van der Waals surface area (Å²) in [7, 11) is 1.74. The molecule has 2 aliphatic rings. The average molecular weight is 236 g/mol. The molecule has 6 heteroatoms. The van der Waals surface area contributed by atoms with Gasteiger partial charge in [-0.25, -0.2) is 4.79 Å². The minimum absolute atomic E-state index is 0.0831. The molecule has 0 saturated heterocycles. The van der Waals surface area contributed by atoms with Crippen LogP contribution in [0.25, 0.3) is 0 Å². The molecule has 0 bridgehead atoms. The summed E-state index contributed by atoms with van der Waals surface area (Å²) in [6.45, 7) is 0. The second-order valence-electron chi connectivity index (χ2n) is 4.51. The Labute approximate surface area is 97.2 Å². The lowest BCUT2D eigenvalue weighted by Crippen LogP contribution is -2.47. The number of nitrogens with one attached hydrogen (secondary N) is 1. The molecule has 2 N–H and O–H groups in total. The molecule has 0 spiro atoms. The van der Waals surface area contributed by atoms with Crippen LogP contribution in [0.5, 0.6) is 0 Å². The maximum atomic E-state index is 11.9. The van der Waals surface area contributed by atoms with E-state index in [1.807, 2.05) is 0 Å². The van der Waals surface area contributed by atoms with Crippen LogP contribution >= 0.6 is 0 Å². The third kappa shape index (κ3) is 1.40. The third-order valence-electron chi connectivity index (χ3n) is 3.32. The molecule has 1 atom stereocenters. The Kier molecular flexibility index (Phi) is 1.95. The van der Waals surface area contributed by atoms with Crippen LogP contribution in [0.2, 0.25) is 0 Å². The SMILES string of the molecule is CN1c2c(coc2C(=O)O)NC(=O)C1C1CC1. The molecule has 1 aromatic rings. The molecule has 1 fully saturated rings. The summed E-state index contributed by atoms with van der Waals surface area (Å²) < 4.78 is 4.99. The van der Waals surface area contributed by atoms with Crippen molar-refractivity contribution in [2.45, 2.75) is 18.9 Å². The molecule has 1 aliphatic carbocycles. The van der Waals surface area contributed by atoms with Gasteiger partial charge in [0.2, 0.25) is 11.7 Å². The first-order valence-corrected chi connectivity index (χ1v) is 5.48. The molecular formula is C11H12N2O4. The molecule has 1 aromatic heterocycles. The third-order valence-corrected chi connectivity index (χ3v) is 3.32. The van der Waals surface area contributed by atoms with Gasteiger partial charge in [0.05, 0.1) is 0 Å². The highest BCUT2D eigenvalue weighted by Crippen LogP contribution is 2.43. The number of fused-ring (bicyclic) bond motifs is 1. The van der Waals surface area contributed by atoms with Gasteiger partial charge >= 0.3 is 5.97 Å². The molecular weight excluding hydrogens is 224 g/mol. The van der Waals surface area contributed by atoms with Gasteiger partial charge in [-0.05, 0) is 18.8 Å². The van der Waals surface area contributed by atoms with Crippen LogP contribution in [0.4, 0.5) is 11.4 Å². The van der Waals surface area contributed by atoms with Gasteiger partial charge in [0, 0.05) is 7.05 Å². The first-order chi connectivity index (χ1) is 8.09. The molecule has 6 nitrogen and oxygen atoms in total. The van der Waals surface area contributed by atoms with Crippen LogP contribution in [0.1, 0.15) is 23.4 Å². The lowest BCUT2D eigenvalue weighted by Gasteiger charge is -2.33.